The van der Waals surface area contributed by atoms with Gasteiger partial charge >= 0.3 is 6.03 Å². The average molecular weight is 552 g/mol. The number of methoxy groups -OCH3 is 1. The van der Waals surface area contributed by atoms with Gasteiger partial charge in [0.25, 0.3) is 5.91 Å². The minimum absolute atomic E-state index is 0.0956. The number of carbonyl (C=O) groups excluding carboxylic acids is 3. The van der Waals surface area contributed by atoms with E-state index in [0.717, 1.165) is 5.56 Å². The normalized spacial score (nSPS) is 18.1. The van der Waals surface area contributed by atoms with Gasteiger partial charge in [0.2, 0.25) is 6.17 Å². The molecule has 0 radical (unpaired) electrons. The second-order valence-corrected chi connectivity index (χ2v) is 9.38. The number of nitrogens with one attached hydrogen (secondary N) is 2. The van der Waals surface area contributed by atoms with Gasteiger partial charge in [0, 0.05) is 30.1 Å². The molecule has 0 bridgehead atoms. The smallest absolute Gasteiger partial charge is 0.321 e. The average Bonchev–Trinajstić information content (AvgIpc) is 3.08. The van der Waals surface area contributed by atoms with Crippen molar-refractivity contribution in [2.24, 2.45) is 9.98 Å². The van der Waals surface area contributed by atoms with Crippen molar-refractivity contribution in [3.63, 3.8) is 0 Å². The first-order valence-corrected chi connectivity index (χ1v) is 12.8. The lowest BCUT2D eigenvalue weighted by atomic mass is 9.99. The van der Waals surface area contributed by atoms with Crippen LogP contribution in [-0.2, 0) is 14.3 Å². The van der Waals surface area contributed by atoms with Crippen LogP contribution in [0.3, 0.4) is 0 Å². The van der Waals surface area contributed by atoms with Gasteiger partial charge in [0.05, 0.1) is 29.2 Å². The lowest BCUT2D eigenvalue weighted by Gasteiger charge is -2.29. The summed E-state index contributed by atoms with van der Waals surface area (Å²) in [5, 5.41) is 5.36. The zero-order chi connectivity index (χ0) is 28.9. The van der Waals surface area contributed by atoms with Gasteiger partial charge < -0.3 is 20.3 Å². The fourth-order valence-corrected chi connectivity index (χ4v) is 4.75. The van der Waals surface area contributed by atoms with Gasteiger partial charge in [-0.3, -0.25) is 9.79 Å². The Bertz CT molecular complexity index is 1660. The van der Waals surface area contributed by atoms with Crippen LogP contribution in [-0.4, -0.2) is 55.2 Å². The monoisotopic (exact) mass is 551 g/mol. The van der Waals surface area contributed by atoms with Crippen molar-refractivity contribution in [1.82, 2.24) is 5.32 Å². The molecule has 0 fully saturated rings. The van der Waals surface area contributed by atoms with E-state index in [4.69, 9.17) is 4.74 Å². The number of hydrogen-bond acceptors (Lipinski definition) is 6. The van der Waals surface area contributed by atoms with Gasteiger partial charge in [0.15, 0.2) is 0 Å². The molecule has 9 nitrogen and oxygen atoms in total. The lowest BCUT2D eigenvalue weighted by molar-refractivity contribution is -0.120. The summed E-state index contributed by atoms with van der Waals surface area (Å²) in [6, 6.07) is 19.5. The molecule has 2 atom stereocenters. The molecule has 0 saturated carbocycles. The van der Waals surface area contributed by atoms with E-state index in [1.165, 1.54) is 30.4 Å². The molecular formula is C31H26FN5O4. The van der Waals surface area contributed by atoms with Crippen LogP contribution in [0.5, 0.6) is 0 Å². The summed E-state index contributed by atoms with van der Waals surface area (Å²) in [7, 11) is 1.42. The third kappa shape index (κ3) is 5.74. The summed E-state index contributed by atoms with van der Waals surface area (Å²) in [6.07, 6.45) is 0.667. The summed E-state index contributed by atoms with van der Waals surface area (Å²) in [5.41, 5.74) is 3.32. The van der Waals surface area contributed by atoms with Crippen LogP contribution in [0.4, 0.5) is 20.6 Å². The molecule has 41 heavy (non-hydrogen) atoms. The van der Waals surface area contributed by atoms with E-state index in [2.05, 4.69) is 20.6 Å². The molecule has 3 aromatic carbocycles. The van der Waals surface area contributed by atoms with Crippen LogP contribution in [0.1, 0.15) is 16.7 Å². The number of ether oxygens (including phenoxy) is 1. The zero-order valence-electron chi connectivity index (χ0n) is 22.3. The maximum absolute atomic E-state index is 15.1. The molecule has 0 spiro atoms. The second kappa shape index (κ2) is 11.9. The van der Waals surface area contributed by atoms with Crippen LogP contribution < -0.4 is 15.5 Å². The quantitative estimate of drug-likeness (QED) is 0.447. The molecule has 0 saturated heterocycles. The third-order valence-electron chi connectivity index (χ3n) is 6.63. The van der Waals surface area contributed by atoms with E-state index in [1.807, 2.05) is 18.9 Å². The molecule has 0 aromatic heterocycles. The number of aryl methyl sites for hydroxylation is 1. The number of nitrogens with zero attached hydrogens (tertiary/aromatic N) is 3. The van der Waals surface area contributed by atoms with Gasteiger partial charge in [-0.25, -0.2) is 19.0 Å². The topological polar surface area (TPSA) is 112 Å². The molecule has 2 N–H and O–H groups in total. The highest BCUT2D eigenvalue weighted by Gasteiger charge is 2.36. The molecule has 2 unspecified atom stereocenters. The van der Waals surface area contributed by atoms with Gasteiger partial charge in [-0.05, 0) is 48.9 Å². The summed E-state index contributed by atoms with van der Waals surface area (Å²) in [4.78, 5) is 49.1. The molecule has 2 aliphatic heterocycles. The van der Waals surface area contributed by atoms with Crippen molar-refractivity contribution in [3.8, 4) is 0 Å². The highest BCUT2D eigenvalue weighted by molar-refractivity contribution is 6.21. The molecule has 2 aliphatic rings. The van der Waals surface area contributed by atoms with Gasteiger partial charge in [0.1, 0.15) is 17.9 Å². The Hall–Kier alpha value is -5.18. The Morgan fingerprint density at radius 1 is 1.07 bits per heavy atom. The predicted molar refractivity (Wildman–Crippen MR) is 155 cm³/mol. The number of benzene rings is 3. The van der Waals surface area contributed by atoms with Gasteiger partial charge in [-0.2, -0.15) is 0 Å². The van der Waals surface area contributed by atoms with E-state index in [0.29, 0.717) is 22.6 Å². The molecule has 3 amide bonds. The molecular weight excluding hydrogens is 525 g/mol. The Kier molecular flexibility index (Phi) is 7.96. The first kappa shape index (κ1) is 27.4. The fraction of sp³-hybridized carbons (Fsp3) is 0.161. The first-order valence-electron chi connectivity index (χ1n) is 12.8. The number of para-hydroxylation sites is 1. The minimum atomic E-state index is -1.43. The maximum Gasteiger partial charge on any atom is 0.321 e. The Labute approximate surface area is 235 Å². The second-order valence-electron chi connectivity index (χ2n) is 9.38. The number of anilines is 2. The summed E-state index contributed by atoms with van der Waals surface area (Å²) in [5.74, 6) is 0.727. The number of halogens is 1. The van der Waals surface area contributed by atoms with Crippen molar-refractivity contribution in [2.45, 2.75) is 19.2 Å². The Morgan fingerprint density at radius 3 is 2.56 bits per heavy atom. The van der Waals surface area contributed by atoms with Crippen LogP contribution in [0.2, 0.25) is 0 Å². The molecule has 206 valence electrons. The Morgan fingerprint density at radius 2 is 1.83 bits per heavy atom. The number of amides is 3. The van der Waals surface area contributed by atoms with Crippen LogP contribution in [0, 0.1) is 12.7 Å². The van der Waals surface area contributed by atoms with Gasteiger partial charge in [-0.15, -0.1) is 0 Å². The molecule has 10 heteroatoms. The van der Waals surface area contributed by atoms with Crippen LogP contribution in [0.25, 0.3) is 0 Å². The summed E-state index contributed by atoms with van der Waals surface area (Å²) in [6.45, 7) is 1.79. The first-order chi connectivity index (χ1) is 19.9. The Balaban J connectivity index is 1.58. The van der Waals surface area contributed by atoms with Crippen molar-refractivity contribution in [3.05, 3.63) is 113 Å². The van der Waals surface area contributed by atoms with E-state index < -0.39 is 30.0 Å². The van der Waals surface area contributed by atoms with E-state index in [9.17, 15) is 14.4 Å². The number of fused-ring (bicyclic) bond motifs is 1. The minimum Gasteiger partial charge on any atom is -0.370 e. The number of carbonyl (C=O) groups is 2. The standard InChI is InChI=1S/C31H26FN5O4/c1-19-8-7-9-21(16-19)34-31(40)36-29-30(39)37(17-25-28(41-2)20(18-38)14-15-33-25)26-13-6-4-11-23(26)27(35-29)22-10-3-5-12-24(22)32/h3-16,28-29H,17H2,1-2H3,(H2,34,36,40). The highest BCUT2D eigenvalue weighted by Crippen LogP contribution is 2.30. The SMILES string of the molecule is COC1C(=C=O)C=CN=C1CN1C(=O)C(NC(=O)Nc2cccc(C)c2)N=C(c2ccccc2F)c2ccccc21. The van der Waals surface area contributed by atoms with Crippen molar-refractivity contribution >= 4 is 40.7 Å². The number of urea groups is 1. The predicted octanol–water partition coefficient (Wildman–Crippen LogP) is 4.21. The number of benzodiazepines with no additional fused rings is 1. The van der Waals surface area contributed by atoms with E-state index in [-0.39, 0.29) is 23.4 Å². The van der Waals surface area contributed by atoms with Crippen LogP contribution in [0.15, 0.2) is 101 Å². The lowest BCUT2D eigenvalue weighted by Crippen LogP contribution is -2.51. The molecule has 0 aliphatic carbocycles. The third-order valence-corrected chi connectivity index (χ3v) is 6.63. The molecule has 3 aromatic rings. The van der Waals surface area contributed by atoms with Gasteiger partial charge in [-0.1, -0.05) is 42.5 Å². The molecule has 5 rings (SSSR count). The highest BCUT2D eigenvalue weighted by atomic mass is 19.1. The maximum atomic E-state index is 15.1. The van der Waals surface area contributed by atoms with E-state index in [1.54, 1.807) is 60.7 Å². The van der Waals surface area contributed by atoms with E-state index >= 15 is 4.39 Å². The fourth-order valence-electron chi connectivity index (χ4n) is 4.75. The molecule has 2 heterocycles. The number of aliphatic imine (C=N–C) groups is 2. The number of hydrogen-bond donors (Lipinski definition) is 2. The zero-order valence-corrected chi connectivity index (χ0v) is 22.3. The van der Waals surface area contributed by atoms with Crippen molar-refractivity contribution in [2.75, 3.05) is 23.9 Å². The van der Waals surface area contributed by atoms with Crippen LogP contribution >= 0.6 is 0 Å². The van der Waals surface area contributed by atoms with Crippen molar-refractivity contribution in [1.29, 1.82) is 0 Å². The number of rotatable bonds is 6. The summed E-state index contributed by atoms with van der Waals surface area (Å²) < 4.78 is 20.6. The van der Waals surface area contributed by atoms with Crippen molar-refractivity contribution < 1.29 is 23.5 Å². The summed E-state index contributed by atoms with van der Waals surface area (Å²) >= 11 is 0. The largest absolute Gasteiger partial charge is 0.370 e.